The quantitative estimate of drug-likeness (QED) is 0.837. The molecule has 2 unspecified atom stereocenters. The highest BCUT2D eigenvalue weighted by atomic mass is 32.2. The van der Waals surface area contributed by atoms with E-state index in [4.69, 9.17) is 5.73 Å². The first kappa shape index (κ1) is 14.1. The number of hydrogen-bond acceptors (Lipinski definition) is 3. The molecule has 16 heavy (non-hydrogen) atoms. The van der Waals surface area contributed by atoms with Crippen molar-refractivity contribution in [3.63, 3.8) is 0 Å². The van der Waals surface area contributed by atoms with Gasteiger partial charge in [-0.2, -0.15) is 13.2 Å². The lowest BCUT2D eigenvalue weighted by molar-refractivity contribution is -0.0329. The van der Waals surface area contributed by atoms with Crippen LogP contribution < -0.4 is 5.73 Å². The summed E-state index contributed by atoms with van der Waals surface area (Å²) in [6.07, 6.45) is 2.14. The molecule has 0 saturated carbocycles. The predicted octanol–water partition coefficient (Wildman–Crippen LogP) is 2.30. The Morgan fingerprint density at radius 2 is 2.06 bits per heavy atom. The van der Waals surface area contributed by atoms with E-state index in [-0.39, 0.29) is 17.5 Å². The Hall–Kier alpha value is 0.0600. The first-order valence-electron chi connectivity index (χ1n) is 5.57. The SMILES string of the molecule is CC1CCC(CN)CN1CCSC(F)(F)F. The minimum absolute atomic E-state index is 0.0652. The van der Waals surface area contributed by atoms with Crippen LogP contribution in [0.2, 0.25) is 0 Å². The summed E-state index contributed by atoms with van der Waals surface area (Å²) in [7, 11) is 0. The molecule has 1 rings (SSSR count). The fourth-order valence-corrected chi connectivity index (χ4v) is 2.60. The van der Waals surface area contributed by atoms with E-state index in [1.807, 2.05) is 0 Å². The van der Waals surface area contributed by atoms with Crippen molar-refractivity contribution in [2.24, 2.45) is 11.7 Å². The van der Waals surface area contributed by atoms with Crippen LogP contribution in [-0.4, -0.2) is 41.8 Å². The molecule has 1 fully saturated rings. The molecule has 0 aromatic heterocycles. The third-order valence-corrected chi connectivity index (χ3v) is 3.80. The van der Waals surface area contributed by atoms with E-state index < -0.39 is 5.51 Å². The summed E-state index contributed by atoms with van der Waals surface area (Å²) >= 11 is 0.0652. The molecule has 0 aromatic rings. The highest BCUT2D eigenvalue weighted by Crippen LogP contribution is 2.30. The van der Waals surface area contributed by atoms with Gasteiger partial charge in [-0.25, -0.2) is 0 Å². The Balaban J connectivity index is 2.28. The number of nitrogens with zero attached hydrogens (tertiary/aromatic N) is 1. The van der Waals surface area contributed by atoms with Crippen LogP contribution in [0.4, 0.5) is 13.2 Å². The van der Waals surface area contributed by atoms with Gasteiger partial charge in [-0.05, 0) is 44.0 Å². The van der Waals surface area contributed by atoms with Gasteiger partial charge in [0.1, 0.15) is 0 Å². The van der Waals surface area contributed by atoms with E-state index in [1.54, 1.807) is 0 Å². The van der Waals surface area contributed by atoms with Crippen molar-refractivity contribution >= 4 is 11.8 Å². The van der Waals surface area contributed by atoms with E-state index in [2.05, 4.69) is 11.8 Å². The highest BCUT2D eigenvalue weighted by Gasteiger charge is 2.29. The molecule has 1 aliphatic rings. The Labute approximate surface area is 98.7 Å². The summed E-state index contributed by atoms with van der Waals surface area (Å²) in [4.78, 5) is 2.12. The molecule has 2 nitrogen and oxygen atoms in total. The molecule has 0 spiro atoms. The summed E-state index contributed by atoms with van der Waals surface area (Å²) in [5, 5.41) is 0. The molecular formula is C10H19F3N2S. The zero-order chi connectivity index (χ0) is 12.2. The Morgan fingerprint density at radius 1 is 1.38 bits per heavy atom. The van der Waals surface area contributed by atoms with Gasteiger partial charge < -0.3 is 5.73 Å². The molecule has 2 N–H and O–H groups in total. The molecule has 0 bridgehead atoms. The van der Waals surface area contributed by atoms with Crippen molar-refractivity contribution in [2.45, 2.75) is 31.3 Å². The summed E-state index contributed by atoms with van der Waals surface area (Å²) in [6.45, 7) is 4.05. The van der Waals surface area contributed by atoms with Crippen LogP contribution in [0, 0.1) is 5.92 Å². The zero-order valence-electron chi connectivity index (χ0n) is 9.46. The molecule has 0 aliphatic carbocycles. The maximum absolute atomic E-state index is 12.0. The van der Waals surface area contributed by atoms with Gasteiger partial charge in [0.25, 0.3) is 0 Å². The molecule has 0 aromatic carbocycles. The van der Waals surface area contributed by atoms with Gasteiger partial charge in [0.2, 0.25) is 0 Å². The lowest BCUT2D eigenvalue weighted by Crippen LogP contribution is -2.44. The van der Waals surface area contributed by atoms with Crippen LogP contribution >= 0.6 is 11.8 Å². The van der Waals surface area contributed by atoms with Crippen LogP contribution in [0.15, 0.2) is 0 Å². The van der Waals surface area contributed by atoms with E-state index >= 15 is 0 Å². The Morgan fingerprint density at radius 3 is 2.62 bits per heavy atom. The molecular weight excluding hydrogens is 237 g/mol. The van der Waals surface area contributed by atoms with Crippen molar-refractivity contribution in [1.82, 2.24) is 4.90 Å². The standard InChI is InChI=1S/C10H19F3N2S/c1-8-2-3-9(6-14)7-15(8)4-5-16-10(11,12)13/h8-9H,2-7,14H2,1H3. The monoisotopic (exact) mass is 256 g/mol. The number of thioether (sulfide) groups is 1. The second-order valence-corrected chi connectivity index (χ2v) is 5.48. The lowest BCUT2D eigenvalue weighted by atomic mass is 9.94. The van der Waals surface area contributed by atoms with Crippen molar-refractivity contribution < 1.29 is 13.2 Å². The van der Waals surface area contributed by atoms with E-state index in [0.29, 0.717) is 25.0 Å². The minimum Gasteiger partial charge on any atom is -0.330 e. The normalized spacial score (nSPS) is 28.3. The first-order chi connectivity index (χ1) is 7.42. The zero-order valence-corrected chi connectivity index (χ0v) is 10.3. The number of alkyl halides is 3. The summed E-state index contributed by atoms with van der Waals surface area (Å²) in [5.41, 5.74) is 1.49. The topological polar surface area (TPSA) is 29.3 Å². The van der Waals surface area contributed by atoms with Gasteiger partial charge >= 0.3 is 5.51 Å². The molecule has 2 atom stereocenters. The molecule has 1 saturated heterocycles. The average molecular weight is 256 g/mol. The van der Waals surface area contributed by atoms with Crippen LogP contribution in [-0.2, 0) is 0 Å². The van der Waals surface area contributed by atoms with Crippen LogP contribution in [0.5, 0.6) is 0 Å². The summed E-state index contributed by atoms with van der Waals surface area (Å²) in [6, 6.07) is 0.386. The smallest absolute Gasteiger partial charge is 0.330 e. The number of rotatable bonds is 4. The van der Waals surface area contributed by atoms with Gasteiger partial charge in [-0.15, -0.1) is 0 Å². The number of hydrogen-bond donors (Lipinski definition) is 1. The molecule has 0 radical (unpaired) electrons. The Kier molecular flexibility index (Phi) is 5.40. The van der Waals surface area contributed by atoms with Crippen molar-refractivity contribution in [3.8, 4) is 0 Å². The number of halogens is 3. The van der Waals surface area contributed by atoms with Gasteiger partial charge in [0.05, 0.1) is 0 Å². The Bertz CT molecular complexity index is 211. The fraction of sp³-hybridized carbons (Fsp3) is 1.00. The third kappa shape index (κ3) is 4.93. The van der Waals surface area contributed by atoms with Gasteiger partial charge in [-0.1, -0.05) is 0 Å². The first-order valence-corrected chi connectivity index (χ1v) is 6.55. The summed E-state index contributed by atoms with van der Waals surface area (Å²) in [5.74, 6) is 0.567. The largest absolute Gasteiger partial charge is 0.441 e. The molecule has 0 amide bonds. The maximum atomic E-state index is 12.0. The molecule has 96 valence electrons. The highest BCUT2D eigenvalue weighted by molar-refractivity contribution is 8.00. The van der Waals surface area contributed by atoms with Crippen molar-refractivity contribution in [2.75, 3.05) is 25.4 Å². The number of piperidine rings is 1. The fourth-order valence-electron chi connectivity index (χ4n) is 2.05. The second-order valence-electron chi connectivity index (χ2n) is 4.32. The van der Waals surface area contributed by atoms with Gasteiger partial charge in [0, 0.05) is 24.9 Å². The van der Waals surface area contributed by atoms with Crippen LogP contribution in [0.3, 0.4) is 0 Å². The third-order valence-electron chi connectivity index (χ3n) is 3.09. The predicted molar refractivity (Wildman–Crippen MR) is 61.3 cm³/mol. The minimum atomic E-state index is -4.10. The van der Waals surface area contributed by atoms with Crippen LogP contribution in [0.1, 0.15) is 19.8 Å². The van der Waals surface area contributed by atoms with Gasteiger partial charge in [-0.3, -0.25) is 4.90 Å². The van der Waals surface area contributed by atoms with Gasteiger partial charge in [0.15, 0.2) is 0 Å². The van der Waals surface area contributed by atoms with E-state index in [9.17, 15) is 13.2 Å². The summed E-state index contributed by atoms with van der Waals surface area (Å²) < 4.78 is 35.9. The molecule has 1 heterocycles. The van der Waals surface area contributed by atoms with E-state index in [1.165, 1.54) is 0 Å². The second kappa shape index (κ2) is 6.12. The number of likely N-dealkylation sites (tertiary alicyclic amines) is 1. The van der Waals surface area contributed by atoms with Crippen molar-refractivity contribution in [3.05, 3.63) is 0 Å². The van der Waals surface area contributed by atoms with Crippen LogP contribution in [0.25, 0.3) is 0 Å². The lowest BCUT2D eigenvalue weighted by Gasteiger charge is -2.37. The average Bonchev–Trinajstić information content (AvgIpc) is 2.19. The maximum Gasteiger partial charge on any atom is 0.441 e. The van der Waals surface area contributed by atoms with E-state index in [0.717, 1.165) is 19.4 Å². The number of nitrogens with two attached hydrogens (primary N) is 1. The van der Waals surface area contributed by atoms with Crippen molar-refractivity contribution in [1.29, 1.82) is 0 Å². The molecule has 1 aliphatic heterocycles. The molecule has 6 heteroatoms.